The Bertz CT molecular complexity index is 174. The van der Waals surface area contributed by atoms with Gasteiger partial charge < -0.3 is 10.2 Å². The molecule has 62 valence electrons. The summed E-state index contributed by atoms with van der Waals surface area (Å²) in [5.74, 6) is -1.72. The average molecular weight is 160 g/mol. The maximum absolute atomic E-state index is 10.4. The second-order valence-corrected chi connectivity index (χ2v) is 1.93. The van der Waals surface area contributed by atoms with E-state index in [4.69, 9.17) is 10.2 Å². The largest absolute Gasteiger partial charge is 0.388 e. The van der Waals surface area contributed by atoms with Gasteiger partial charge in [-0.05, 0) is 0 Å². The summed E-state index contributed by atoms with van der Waals surface area (Å²) in [6, 6.07) is 0. The topological polar surface area (TPSA) is 91.7 Å². The first-order valence-electron chi connectivity index (χ1n) is 2.91. The van der Waals surface area contributed by atoms with E-state index in [-0.39, 0.29) is 6.29 Å². The van der Waals surface area contributed by atoms with E-state index in [1.165, 1.54) is 0 Å². The van der Waals surface area contributed by atoms with Crippen LogP contribution in [0.2, 0.25) is 0 Å². The van der Waals surface area contributed by atoms with Crippen LogP contribution in [0.5, 0.6) is 0 Å². The molecule has 5 nitrogen and oxygen atoms in total. The fraction of sp³-hybridized carbons (Fsp3) is 0.500. The van der Waals surface area contributed by atoms with Crippen molar-refractivity contribution < 1.29 is 24.6 Å². The molecule has 0 aliphatic heterocycles. The van der Waals surface area contributed by atoms with Crippen LogP contribution in [0.3, 0.4) is 0 Å². The summed E-state index contributed by atoms with van der Waals surface area (Å²) in [5.41, 5.74) is 0. The number of carbonyl (C=O) groups is 3. The Morgan fingerprint density at radius 2 is 2.00 bits per heavy atom. The number of hydrogen-bond acceptors (Lipinski definition) is 5. The molecule has 0 aliphatic rings. The highest BCUT2D eigenvalue weighted by molar-refractivity contribution is 6.25. The third kappa shape index (κ3) is 3.59. The van der Waals surface area contributed by atoms with Gasteiger partial charge in [0, 0.05) is 6.42 Å². The lowest BCUT2D eigenvalue weighted by Crippen LogP contribution is -2.26. The van der Waals surface area contributed by atoms with E-state index in [9.17, 15) is 14.4 Å². The molecular formula is C6H8O5. The van der Waals surface area contributed by atoms with Gasteiger partial charge in [-0.3, -0.25) is 14.4 Å². The first-order chi connectivity index (χ1) is 5.11. The van der Waals surface area contributed by atoms with Crippen molar-refractivity contribution in [2.75, 3.05) is 6.61 Å². The normalized spacial score (nSPS) is 12.2. The first-order valence-corrected chi connectivity index (χ1v) is 2.91. The van der Waals surface area contributed by atoms with E-state index in [2.05, 4.69) is 0 Å². The van der Waals surface area contributed by atoms with Crippen molar-refractivity contribution in [3.05, 3.63) is 0 Å². The third-order valence-electron chi connectivity index (χ3n) is 1.05. The van der Waals surface area contributed by atoms with Gasteiger partial charge in [-0.15, -0.1) is 0 Å². The van der Waals surface area contributed by atoms with Gasteiger partial charge in [0.15, 0.2) is 17.9 Å². The molecule has 0 saturated carbocycles. The van der Waals surface area contributed by atoms with Crippen LogP contribution in [0.15, 0.2) is 0 Å². The summed E-state index contributed by atoms with van der Waals surface area (Å²) in [6.45, 7) is -0.826. The van der Waals surface area contributed by atoms with Gasteiger partial charge in [0.2, 0.25) is 0 Å². The zero-order valence-electron chi connectivity index (χ0n) is 5.69. The monoisotopic (exact) mass is 160 g/mol. The van der Waals surface area contributed by atoms with Crippen LogP contribution in [0.25, 0.3) is 0 Å². The second-order valence-electron chi connectivity index (χ2n) is 1.93. The van der Waals surface area contributed by atoms with Crippen molar-refractivity contribution in [3.63, 3.8) is 0 Å². The van der Waals surface area contributed by atoms with Gasteiger partial charge in [0.25, 0.3) is 0 Å². The number of aliphatic hydroxyl groups excluding tert-OH is 2. The Balaban J connectivity index is 3.86. The number of ketones is 2. The fourth-order valence-corrected chi connectivity index (χ4v) is 0.458. The Morgan fingerprint density at radius 3 is 2.36 bits per heavy atom. The molecule has 0 fully saturated rings. The van der Waals surface area contributed by atoms with Crippen LogP contribution < -0.4 is 0 Å². The second kappa shape index (κ2) is 4.70. The van der Waals surface area contributed by atoms with Crippen molar-refractivity contribution in [1.29, 1.82) is 0 Å². The minimum Gasteiger partial charge on any atom is -0.388 e. The van der Waals surface area contributed by atoms with E-state index in [0.29, 0.717) is 0 Å². The molecule has 0 aromatic carbocycles. The minimum atomic E-state index is -1.56. The van der Waals surface area contributed by atoms with Gasteiger partial charge in [0.1, 0.15) is 12.7 Å². The van der Waals surface area contributed by atoms with E-state index in [0.717, 1.165) is 0 Å². The Kier molecular flexibility index (Phi) is 4.24. The van der Waals surface area contributed by atoms with Crippen molar-refractivity contribution >= 4 is 17.9 Å². The average Bonchev–Trinajstić information content (AvgIpc) is 2.02. The zero-order chi connectivity index (χ0) is 8.85. The molecule has 2 N–H and O–H groups in total. The Hall–Kier alpha value is -1.07. The molecule has 0 aromatic rings. The Labute approximate surface area is 62.6 Å². The van der Waals surface area contributed by atoms with Crippen LogP contribution in [0, 0.1) is 0 Å². The lowest BCUT2D eigenvalue weighted by molar-refractivity contribution is -0.136. The molecule has 0 spiro atoms. The highest BCUT2D eigenvalue weighted by Crippen LogP contribution is 1.92. The summed E-state index contributed by atoms with van der Waals surface area (Å²) < 4.78 is 0. The van der Waals surface area contributed by atoms with Crippen LogP contribution in [0.4, 0.5) is 0 Å². The molecule has 5 heteroatoms. The summed E-state index contributed by atoms with van der Waals surface area (Å²) in [6.07, 6.45) is -2.09. The smallest absolute Gasteiger partial charge is 0.198 e. The molecule has 0 bridgehead atoms. The molecule has 0 amide bonds. The molecule has 0 aromatic heterocycles. The quantitative estimate of drug-likeness (QED) is 0.361. The molecule has 11 heavy (non-hydrogen) atoms. The first kappa shape index (κ1) is 9.93. The molecular weight excluding hydrogens is 152 g/mol. The molecule has 0 unspecified atom stereocenters. The number of hydrogen-bond donors (Lipinski definition) is 2. The molecule has 1 atom stereocenters. The lowest BCUT2D eigenvalue weighted by atomic mass is 10.1. The van der Waals surface area contributed by atoms with Gasteiger partial charge >= 0.3 is 0 Å². The van der Waals surface area contributed by atoms with Crippen LogP contribution >= 0.6 is 0 Å². The summed E-state index contributed by atoms with van der Waals surface area (Å²) >= 11 is 0. The van der Waals surface area contributed by atoms with Crippen LogP contribution in [0.1, 0.15) is 6.42 Å². The van der Waals surface area contributed by atoms with E-state index < -0.39 is 30.7 Å². The van der Waals surface area contributed by atoms with Crippen molar-refractivity contribution in [2.45, 2.75) is 12.5 Å². The Morgan fingerprint density at radius 1 is 1.45 bits per heavy atom. The minimum absolute atomic E-state index is 0.0217. The van der Waals surface area contributed by atoms with Crippen molar-refractivity contribution in [3.8, 4) is 0 Å². The highest BCUT2D eigenvalue weighted by Gasteiger charge is 2.16. The molecule has 0 heterocycles. The predicted octanol–water partition coefficient (Wildman–Crippen LogP) is -1.93. The van der Waals surface area contributed by atoms with Gasteiger partial charge in [-0.25, -0.2) is 0 Å². The molecule has 0 aliphatic carbocycles. The number of rotatable bonds is 5. The predicted molar refractivity (Wildman–Crippen MR) is 33.8 cm³/mol. The zero-order valence-corrected chi connectivity index (χ0v) is 5.69. The summed E-state index contributed by atoms with van der Waals surface area (Å²) in [4.78, 5) is 30.4. The van der Waals surface area contributed by atoms with Gasteiger partial charge in [0.05, 0.1) is 0 Å². The molecule has 0 rings (SSSR count). The van der Waals surface area contributed by atoms with Crippen LogP contribution in [-0.4, -0.2) is 40.8 Å². The van der Waals surface area contributed by atoms with Crippen molar-refractivity contribution in [1.82, 2.24) is 0 Å². The summed E-state index contributed by atoms with van der Waals surface area (Å²) in [5, 5.41) is 16.9. The van der Waals surface area contributed by atoms with E-state index in [1.54, 1.807) is 0 Å². The van der Waals surface area contributed by atoms with E-state index >= 15 is 0 Å². The molecule has 0 radical (unpaired) electrons. The maximum atomic E-state index is 10.4. The van der Waals surface area contributed by atoms with Crippen molar-refractivity contribution in [2.24, 2.45) is 0 Å². The number of Topliss-reactive ketones (excluding diaryl/α,β-unsaturated/α-hetero) is 2. The van der Waals surface area contributed by atoms with Gasteiger partial charge in [-0.1, -0.05) is 0 Å². The van der Waals surface area contributed by atoms with Gasteiger partial charge in [-0.2, -0.15) is 0 Å². The standard InChI is InChI=1S/C6H8O5/c7-2-4(9)1-5(10)6(11)3-8/h2,5,8,10H,1,3H2/t5-/m0/s1. The SMILES string of the molecule is O=CC(=O)C[C@H](O)C(=O)CO. The third-order valence-corrected chi connectivity index (χ3v) is 1.05. The highest BCUT2D eigenvalue weighted by atomic mass is 16.3. The van der Waals surface area contributed by atoms with E-state index in [1.807, 2.05) is 0 Å². The molecule has 0 saturated heterocycles. The fourth-order valence-electron chi connectivity index (χ4n) is 0.458. The number of aliphatic hydroxyl groups is 2. The van der Waals surface area contributed by atoms with Crippen LogP contribution in [-0.2, 0) is 14.4 Å². The number of carbonyl (C=O) groups excluding carboxylic acids is 3. The number of aldehydes is 1. The lowest BCUT2D eigenvalue weighted by Gasteiger charge is -2.02. The summed E-state index contributed by atoms with van der Waals surface area (Å²) in [7, 11) is 0. The maximum Gasteiger partial charge on any atom is 0.198 e.